The number of anilines is 1. The average molecular weight is 276 g/mol. The molecule has 0 aliphatic carbocycles. The Balaban J connectivity index is 2.05. The van der Waals surface area contributed by atoms with Crippen molar-refractivity contribution in [2.45, 2.75) is 39.3 Å². The Kier molecular flexibility index (Phi) is 5.86. The Hall–Kier alpha value is -1.06. The molecule has 1 unspecified atom stereocenters. The molecule has 1 fully saturated rings. The van der Waals surface area contributed by atoms with Gasteiger partial charge < -0.3 is 10.1 Å². The van der Waals surface area contributed by atoms with Crippen molar-refractivity contribution >= 4 is 5.69 Å². The van der Waals surface area contributed by atoms with Crippen LogP contribution in [0.3, 0.4) is 0 Å². The van der Waals surface area contributed by atoms with Gasteiger partial charge in [0, 0.05) is 19.3 Å². The van der Waals surface area contributed by atoms with Gasteiger partial charge in [0.05, 0.1) is 12.6 Å². The molecule has 0 spiro atoms. The van der Waals surface area contributed by atoms with E-state index in [-0.39, 0.29) is 0 Å². The van der Waals surface area contributed by atoms with Gasteiger partial charge in [-0.15, -0.1) is 0 Å². The van der Waals surface area contributed by atoms with Crippen molar-refractivity contribution in [3.8, 4) is 0 Å². The van der Waals surface area contributed by atoms with Crippen molar-refractivity contribution in [1.82, 2.24) is 4.90 Å². The molecule has 1 N–H and O–H groups in total. The van der Waals surface area contributed by atoms with Crippen LogP contribution in [-0.2, 0) is 11.3 Å². The summed E-state index contributed by atoms with van der Waals surface area (Å²) in [5.74, 6) is 0.551. The van der Waals surface area contributed by atoms with Gasteiger partial charge in [-0.05, 0) is 43.5 Å². The summed E-state index contributed by atoms with van der Waals surface area (Å²) in [7, 11) is 1.77. The second-order valence-corrected chi connectivity index (χ2v) is 6.09. The second kappa shape index (κ2) is 7.65. The molecule has 0 saturated carbocycles. The number of methoxy groups -OCH3 is 1. The lowest BCUT2D eigenvalue weighted by Gasteiger charge is -2.25. The average Bonchev–Trinajstić information content (AvgIpc) is 2.93. The number of para-hydroxylation sites is 1. The standard InChI is InChI=1S/C17H28N2O/c1-14(2)17(13-20-3)18-16-9-5-4-8-15(16)12-19-10-6-7-11-19/h4-5,8-9,14,17-18H,6-7,10-13H2,1-3H3. The van der Waals surface area contributed by atoms with Crippen molar-refractivity contribution in [3.63, 3.8) is 0 Å². The number of nitrogens with one attached hydrogen (secondary N) is 1. The van der Waals surface area contributed by atoms with Crippen molar-refractivity contribution in [2.75, 3.05) is 32.1 Å². The molecule has 1 heterocycles. The topological polar surface area (TPSA) is 24.5 Å². The van der Waals surface area contributed by atoms with Crippen molar-refractivity contribution in [1.29, 1.82) is 0 Å². The van der Waals surface area contributed by atoms with Crippen molar-refractivity contribution in [2.24, 2.45) is 5.92 Å². The molecular formula is C17H28N2O. The summed E-state index contributed by atoms with van der Waals surface area (Å²) in [6, 6.07) is 9.04. The maximum atomic E-state index is 5.34. The molecular weight excluding hydrogens is 248 g/mol. The van der Waals surface area contributed by atoms with Crippen LogP contribution in [0.5, 0.6) is 0 Å². The number of benzene rings is 1. The number of ether oxygens (including phenoxy) is 1. The summed E-state index contributed by atoms with van der Waals surface area (Å²) >= 11 is 0. The number of hydrogen-bond donors (Lipinski definition) is 1. The van der Waals surface area contributed by atoms with Crippen molar-refractivity contribution in [3.05, 3.63) is 29.8 Å². The van der Waals surface area contributed by atoms with E-state index in [1.54, 1.807) is 7.11 Å². The van der Waals surface area contributed by atoms with E-state index in [0.29, 0.717) is 12.0 Å². The third-order valence-electron chi connectivity index (χ3n) is 4.10. The van der Waals surface area contributed by atoms with Gasteiger partial charge in [0.2, 0.25) is 0 Å². The predicted octanol–water partition coefficient (Wildman–Crippen LogP) is 3.37. The molecule has 0 radical (unpaired) electrons. The van der Waals surface area contributed by atoms with E-state index in [9.17, 15) is 0 Å². The smallest absolute Gasteiger partial charge is 0.0666 e. The number of likely N-dealkylation sites (tertiary alicyclic amines) is 1. The van der Waals surface area contributed by atoms with E-state index in [1.807, 2.05) is 0 Å². The van der Waals surface area contributed by atoms with Crippen LogP contribution < -0.4 is 5.32 Å². The molecule has 3 heteroatoms. The molecule has 112 valence electrons. The zero-order valence-corrected chi connectivity index (χ0v) is 13.1. The Labute approximate surface area is 123 Å². The Morgan fingerprint density at radius 2 is 1.90 bits per heavy atom. The molecule has 1 atom stereocenters. The number of hydrogen-bond acceptors (Lipinski definition) is 3. The summed E-state index contributed by atoms with van der Waals surface area (Å²) in [6.07, 6.45) is 2.68. The fraction of sp³-hybridized carbons (Fsp3) is 0.647. The van der Waals surface area contributed by atoms with Crippen LogP contribution in [0.4, 0.5) is 5.69 Å². The van der Waals surface area contributed by atoms with E-state index in [4.69, 9.17) is 4.74 Å². The summed E-state index contributed by atoms with van der Waals surface area (Å²) in [6.45, 7) is 8.75. The molecule has 1 saturated heterocycles. The molecule has 0 bridgehead atoms. The van der Waals surface area contributed by atoms with Crippen LogP contribution in [0.2, 0.25) is 0 Å². The first-order valence-corrected chi connectivity index (χ1v) is 7.76. The first-order valence-electron chi connectivity index (χ1n) is 7.76. The SMILES string of the molecule is COCC(Nc1ccccc1CN1CCCC1)C(C)C. The largest absolute Gasteiger partial charge is 0.383 e. The summed E-state index contributed by atoms with van der Waals surface area (Å²) in [4.78, 5) is 2.54. The number of nitrogens with zero attached hydrogens (tertiary/aromatic N) is 1. The van der Waals surface area contributed by atoms with Crippen LogP contribution >= 0.6 is 0 Å². The van der Waals surface area contributed by atoms with Gasteiger partial charge in [-0.1, -0.05) is 32.0 Å². The zero-order chi connectivity index (χ0) is 14.4. The minimum Gasteiger partial charge on any atom is -0.383 e. The predicted molar refractivity (Wildman–Crippen MR) is 85.1 cm³/mol. The highest BCUT2D eigenvalue weighted by molar-refractivity contribution is 5.52. The third kappa shape index (κ3) is 4.22. The Morgan fingerprint density at radius 3 is 2.55 bits per heavy atom. The van der Waals surface area contributed by atoms with Gasteiger partial charge in [0.25, 0.3) is 0 Å². The summed E-state index contributed by atoms with van der Waals surface area (Å²) in [5.41, 5.74) is 2.66. The highest BCUT2D eigenvalue weighted by atomic mass is 16.5. The van der Waals surface area contributed by atoms with E-state index in [1.165, 1.54) is 37.2 Å². The highest BCUT2D eigenvalue weighted by Gasteiger charge is 2.17. The maximum absolute atomic E-state index is 5.34. The van der Waals surface area contributed by atoms with Gasteiger partial charge in [-0.2, -0.15) is 0 Å². The van der Waals surface area contributed by atoms with Gasteiger partial charge in [0.15, 0.2) is 0 Å². The molecule has 1 aromatic carbocycles. The second-order valence-electron chi connectivity index (χ2n) is 6.09. The minimum absolute atomic E-state index is 0.361. The lowest BCUT2D eigenvalue weighted by Crippen LogP contribution is -2.31. The highest BCUT2D eigenvalue weighted by Crippen LogP contribution is 2.22. The summed E-state index contributed by atoms with van der Waals surface area (Å²) in [5, 5.41) is 3.67. The van der Waals surface area contributed by atoms with Gasteiger partial charge in [0.1, 0.15) is 0 Å². The molecule has 0 amide bonds. The van der Waals surface area contributed by atoms with Gasteiger partial charge in [-0.3, -0.25) is 4.90 Å². The fourth-order valence-electron chi connectivity index (χ4n) is 2.76. The van der Waals surface area contributed by atoms with E-state index in [0.717, 1.165) is 13.2 Å². The van der Waals surface area contributed by atoms with Crippen LogP contribution in [-0.4, -0.2) is 37.7 Å². The van der Waals surface area contributed by atoms with Gasteiger partial charge in [-0.25, -0.2) is 0 Å². The van der Waals surface area contributed by atoms with Crippen LogP contribution in [0.25, 0.3) is 0 Å². The fourth-order valence-corrected chi connectivity index (χ4v) is 2.76. The molecule has 0 aromatic heterocycles. The van der Waals surface area contributed by atoms with E-state index >= 15 is 0 Å². The normalized spacial score (nSPS) is 17.6. The van der Waals surface area contributed by atoms with E-state index in [2.05, 4.69) is 48.3 Å². The van der Waals surface area contributed by atoms with Gasteiger partial charge >= 0.3 is 0 Å². The first kappa shape index (κ1) is 15.3. The lowest BCUT2D eigenvalue weighted by molar-refractivity contribution is 0.171. The Bertz CT molecular complexity index is 400. The van der Waals surface area contributed by atoms with Crippen molar-refractivity contribution < 1.29 is 4.74 Å². The molecule has 1 aliphatic rings. The monoisotopic (exact) mass is 276 g/mol. The molecule has 3 nitrogen and oxygen atoms in total. The quantitative estimate of drug-likeness (QED) is 0.826. The lowest BCUT2D eigenvalue weighted by atomic mass is 10.0. The molecule has 1 aromatic rings. The minimum atomic E-state index is 0.361. The van der Waals surface area contributed by atoms with E-state index < -0.39 is 0 Å². The summed E-state index contributed by atoms with van der Waals surface area (Å²) < 4.78 is 5.34. The third-order valence-corrected chi connectivity index (χ3v) is 4.10. The maximum Gasteiger partial charge on any atom is 0.0666 e. The number of rotatable bonds is 7. The first-order chi connectivity index (χ1) is 9.70. The van der Waals surface area contributed by atoms with Crippen LogP contribution in [0.15, 0.2) is 24.3 Å². The molecule has 1 aliphatic heterocycles. The van der Waals surface area contributed by atoms with Crippen LogP contribution in [0.1, 0.15) is 32.3 Å². The van der Waals surface area contributed by atoms with Crippen LogP contribution in [0, 0.1) is 5.92 Å². The molecule has 2 rings (SSSR count). The Morgan fingerprint density at radius 1 is 1.20 bits per heavy atom. The molecule has 20 heavy (non-hydrogen) atoms. The zero-order valence-electron chi connectivity index (χ0n) is 13.1.